The van der Waals surface area contributed by atoms with E-state index >= 15 is 0 Å². The molecule has 1 fully saturated rings. The molecule has 0 radical (unpaired) electrons. The molecule has 0 N–H and O–H groups in total. The predicted molar refractivity (Wildman–Crippen MR) is 45.4 cm³/mol. The molecule has 0 aliphatic heterocycles. The smallest absolute Gasteiger partial charge is 0.153 e. The van der Waals surface area contributed by atoms with Gasteiger partial charge in [-0.2, -0.15) is 0 Å². The Kier molecular flexibility index (Phi) is 2.30. The average molecular weight is 189 g/mol. The Morgan fingerprint density at radius 1 is 1.58 bits per heavy atom. The van der Waals surface area contributed by atoms with Crippen molar-refractivity contribution in [1.29, 1.82) is 0 Å². The van der Waals surface area contributed by atoms with Crippen LogP contribution < -0.4 is 0 Å². The van der Waals surface area contributed by atoms with Gasteiger partial charge in [-0.05, 0) is 24.8 Å². The molecule has 0 bridgehead atoms. The Bertz CT molecular complexity index is 312. The summed E-state index contributed by atoms with van der Waals surface area (Å²) in [7, 11) is -2.96. The molecule has 1 aliphatic rings. The first-order chi connectivity index (χ1) is 5.52. The van der Waals surface area contributed by atoms with Crippen molar-refractivity contribution in [2.24, 2.45) is 5.11 Å². The molecule has 0 heterocycles. The van der Waals surface area contributed by atoms with Crippen molar-refractivity contribution in [1.82, 2.24) is 0 Å². The van der Waals surface area contributed by atoms with Crippen molar-refractivity contribution in [3.8, 4) is 0 Å². The number of nitrogens with zero attached hydrogens (tertiary/aromatic N) is 3. The molecular weight excluding hydrogens is 178 g/mol. The molecule has 68 valence electrons. The molecule has 0 aromatic rings. The van der Waals surface area contributed by atoms with E-state index < -0.39 is 14.6 Å². The second-order valence-corrected chi connectivity index (χ2v) is 5.57. The Morgan fingerprint density at radius 2 is 2.17 bits per heavy atom. The molecule has 6 heteroatoms. The third-order valence-electron chi connectivity index (χ3n) is 2.32. The molecule has 5 nitrogen and oxygen atoms in total. The summed E-state index contributed by atoms with van der Waals surface area (Å²) in [6, 6.07) is 0. The van der Waals surface area contributed by atoms with Crippen LogP contribution in [0.1, 0.15) is 19.3 Å². The maximum atomic E-state index is 11.2. The van der Waals surface area contributed by atoms with Gasteiger partial charge in [-0.3, -0.25) is 0 Å². The minimum Gasteiger partial charge on any atom is -0.229 e. The SMILES string of the molecule is CS(=O)(=O)C1(CCN=[N+]=[N-])CC1. The first-order valence-corrected chi connectivity index (χ1v) is 5.61. The van der Waals surface area contributed by atoms with Crippen LogP contribution in [0.25, 0.3) is 10.4 Å². The molecule has 1 aliphatic carbocycles. The maximum absolute atomic E-state index is 11.2. The highest BCUT2D eigenvalue weighted by Crippen LogP contribution is 2.45. The normalized spacial score (nSPS) is 19.8. The van der Waals surface area contributed by atoms with Gasteiger partial charge in [0, 0.05) is 17.7 Å². The van der Waals surface area contributed by atoms with E-state index in [-0.39, 0.29) is 6.54 Å². The van der Waals surface area contributed by atoms with Crippen LogP contribution in [0.5, 0.6) is 0 Å². The number of hydrogen-bond donors (Lipinski definition) is 0. The summed E-state index contributed by atoms with van der Waals surface area (Å²) in [5.41, 5.74) is 8.00. The highest BCUT2D eigenvalue weighted by Gasteiger charge is 2.50. The fourth-order valence-corrected chi connectivity index (χ4v) is 2.55. The van der Waals surface area contributed by atoms with Gasteiger partial charge in [0.1, 0.15) is 0 Å². The molecule has 1 rings (SSSR count). The van der Waals surface area contributed by atoms with Crippen LogP contribution in [0.15, 0.2) is 5.11 Å². The van der Waals surface area contributed by atoms with E-state index in [0.29, 0.717) is 19.3 Å². The predicted octanol–water partition coefficient (Wildman–Crippen LogP) is 1.26. The monoisotopic (exact) mass is 189 g/mol. The fraction of sp³-hybridized carbons (Fsp3) is 1.00. The van der Waals surface area contributed by atoms with Gasteiger partial charge in [-0.15, -0.1) is 0 Å². The standard InChI is InChI=1S/C6H11N3O2S/c1-12(10,11)6(2-3-6)4-5-8-9-7/h2-5H2,1H3. The largest absolute Gasteiger partial charge is 0.229 e. The van der Waals surface area contributed by atoms with Gasteiger partial charge in [0.15, 0.2) is 9.84 Å². The molecule has 0 amide bonds. The summed E-state index contributed by atoms with van der Waals surface area (Å²) in [6.45, 7) is 0.281. The molecule has 0 aromatic heterocycles. The Morgan fingerprint density at radius 3 is 2.50 bits per heavy atom. The quantitative estimate of drug-likeness (QED) is 0.379. The van der Waals surface area contributed by atoms with Crippen molar-refractivity contribution < 1.29 is 8.42 Å². The lowest BCUT2D eigenvalue weighted by Crippen LogP contribution is -2.22. The van der Waals surface area contributed by atoms with Crippen molar-refractivity contribution in [3.63, 3.8) is 0 Å². The van der Waals surface area contributed by atoms with Crippen molar-refractivity contribution in [2.45, 2.75) is 24.0 Å². The van der Waals surface area contributed by atoms with Crippen LogP contribution in [0.2, 0.25) is 0 Å². The molecule has 1 saturated carbocycles. The zero-order chi connectivity index (χ0) is 9.24. The maximum Gasteiger partial charge on any atom is 0.153 e. The minimum atomic E-state index is -2.96. The van der Waals surface area contributed by atoms with Gasteiger partial charge >= 0.3 is 0 Å². The van der Waals surface area contributed by atoms with Crippen LogP contribution >= 0.6 is 0 Å². The lowest BCUT2D eigenvalue weighted by Gasteiger charge is -2.09. The zero-order valence-electron chi connectivity index (χ0n) is 6.89. The van der Waals surface area contributed by atoms with E-state index in [4.69, 9.17) is 5.53 Å². The van der Waals surface area contributed by atoms with Gasteiger partial charge in [0.2, 0.25) is 0 Å². The lowest BCUT2D eigenvalue weighted by atomic mass is 10.3. The molecule has 0 aromatic carbocycles. The Labute approximate surface area is 71.3 Å². The zero-order valence-corrected chi connectivity index (χ0v) is 7.71. The third-order valence-corrected chi connectivity index (χ3v) is 4.51. The molecule has 0 saturated heterocycles. The number of sulfone groups is 1. The average Bonchev–Trinajstić information content (AvgIpc) is 2.67. The summed E-state index contributed by atoms with van der Waals surface area (Å²) < 4.78 is 21.8. The van der Waals surface area contributed by atoms with Crippen molar-refractivity contribution in [2.75, 3.05) is 12.8 Å². The summed E-state index contributed by atoms with van der Waals surface area (Å²) in [6.07, 6.45) is 3.14. The second kappa shape index (κ2) is 2.95. The second-order valence-electron chi connectivity index (χ2n) is 3.16. The van der Waals surface area contributed by atoms with Gasteiger partial charge in [0.25, 0.3) is 0 Å². The lowest BCUT2D eigenvalue weighted by molar-refractivity contribution is 0.575. The van der Waals surface area contributed by atoms with Gasteiger partial charge < -0.3 is 0 Å². The van der Waals surface area contributed by atoms with E-state index in [1.807, 2.05) is 0 Å². The van der Waals surface area contributed by atoms with Crippen molar-refractivity contribution in [3.05, 3.63) is 10.4 Å². The van der Waals surface area contributed by atoms with Crippen LogP contribution in [0, 0.1) is 0 Å². The highest BCUT2D eigenvalue weighted by molar-refractivity contribution is 7.92. The summed E-state index contributed by atoms with van der Waals surface area (Å²) in [5, 5.41) is 3.33. The number of azide groups is 1. The first kappa shape index (κ1) is 9.35. The van der Waals surface area contributed by atoms with Crippen LogP contribution in [0.3, 0.4) is 0 Å². The highest BCUT2D eigenvalue weighted by atomic mass is 32.2. The van der Waals surface area contributed by atoms with Gasteiger partial charge in [-0.25, -0.2) is 8.42 Å². The van der Waals surface area contributed by atoms with Gasteiger partial charge in [0.05, 0.1) is 4.75 Å². The van der Waals surface area contributed by atoms with E-state index in [1.54, 1.807) is 0 Å². The Balaban J connectivity index is 2.57. The molecule has 0 spiro atoms. The van der Waals surface area contributed by atoms with Crippen LogP contribution in [0.4, 0.5) is 0 Å². The topological polar surface area (TPSA) is 82.9 Å². The summed E-state index contributed by atoms with van der Waals surface area (Å²) in [5.74, 6) is 0. The molecular formula is C6H11N3O2S. The number of rotatable bonds is 4. The van der Waals surface area contributed by atoms with E-state index in [2.05, 4.69) is 10.0 Å². The minimum absolute atomic E-state index is 0.281. The van der Waals surface area contributed by atoms with E-state index in [1.165, 1.54) is 6.26 Å². The third kappa shape index (κ3) is 1.70. The van der Waals surface area contributed by atoms with Gasteiger partial charge in [-0.1, -0.05) is 5.11 Å². The fourth-order valence-electron chi connectivity index (χ4n) is 1.24. The molecule has 0 unspecified atom stereocenters. The molecule has 0 atom stereocenters. The number of hydrogen-bond acceptors (Lipinski definition) is 3. The first-order valence-electron chi connectivity index (χ1n) is 3.72. The van der Waals surface area contributed by atoms with Crippen molar-refractivity contribution >= 4 is 9.84 Å². The van der Waals surface area contributed by atoms with E-state index in [0.717, 1.165) is 0 Å². The van der Waals surface area contributed by atoms with Crippen LogP contribution in [-0.4, -0.2) is 26.0 Å². The Hall–Kier alpha value is -0.740. The van der Waals surface area contributed by atoms with E-state index in [9.17, 15) is 8.42 Å². The summed E-state index contributed by atoms with van der Waals surface area (Å²) in [4.78, 5) is 2.58. The molecule has 12 heavy (non-hydrogen) atoms. The summed E-state index contributed by atoms with van der Waals surface area (Å²) >= 11 is 0. The van der Waals surface area contributed by atoms with Crippen LogP contribution in [-0.2, 0) is 9.84 Å².